The molecule has 7 heteroatoms. The van der Waals surface area contributed by atoms with Gasteiger partial charge in [-0.3, -0.25) is 19.3 Å². The zero-order chi connectivity index (χ0) is 15.1. The monoisotopic (exact) mass is 294 g/mol. The summed E-state index contributed by atoms with van der Waals surface area (Å²) in [7, 11) is 0. The highest BCUT2D eigenvalue weighted by Crippen LogP contribution is 2.25. The largest absolute Gasteiger partial charge is 0.334 e. The molecule has 0 aromatic heterocycles. The van der Waals surface area contributed by atoms with Gasteiger partial charge in [-0.1, -0.05) is 6.07 Å². The van der Waals surface area contributed by atoms with Gasteiger partial charge in [0.25, 0.3) is 5.91 Å². The van der Waals surface area contributed by atoms with Gasteiger partial charge in [-0.2, -0.15) is 0 Å². The quantitative estimate of drug-likeness (QED) is 0.763. The predicted molar refractivity (Wildman–Crippen MR) is 67.1 cm³/mol. The fourth-order valence-electron chi connectivity index (χ4n) is 2.65. The normalized spacial score (nSPS) is 19.1. The molecular weight excluding hydrogens is 282 g/mol. The Kier molecular flexibility index (Phi) is 3.19. The summed E-state index contributed by atoms with van der Waals surface area (Å²) in [5.41, 5.74) is -0.602. The first-order chi connectivity index (χ1) is 9.99. The van der Waals surface area contributed by atoms with Crippen molar-refractivity contribution < 1.29 is 23.2 Å². The van der Waals surface area contributed by atoms with Crippen molar-refractivity contribution in [2.75, 3.05) is 13.1 Å². The van der Waals surface area contributed by atoms with Crippen molar-refractivity contribution in [3.05, 3.63) is 35.4 Å². The maximum Gasteiger partial charge on any atom is 0.259 e. The second-order valence-electron chi connectivity index (χ2n) is 5.12. The molecule has 2 saturated heterocycles. The highest BCUT2D eigenvalue weighted by atomic mass is 19.1. The minimum atomic E-state index is -0.920. The number of halogens is 2. The Labute approximate surface area is 119 Å². The van der Waals surface area contributed by atoms with E-state index in [1.807, 2.05) is 0 Å². The molecule has 2 fully saturated rings. The van der Waals surface area contributed by atoms with Crippen molar-refractivity contribution in [2.45, 2.75) is 18.9 Å². The molecule has 0 atom stereocenters. The van der Waals surface area contributed by atoms with E-state index in [2.05, 4.69) is 0 Å². The van der Waals surface area contributed by atoms with Crippen molar-refractivity contribution in [1.29, 1.82) is 0 Å². The van der Waals surface area contributed by atoms with Gasteiger partial charge in [0, 0.05) is 25.9 Å². The molecule has 2 heterocycles. The van der Waals surface area contributed by atoms with Gasteiger partial charge in [-0.15, -0.1) is 0 Å². The van der Waals surface area contributed by atoms with Gasteiger partial charge >= 0.3 is 0 Å². The minimum Gasteiger partial charge on any atom is -0.334 e. The number of carbonyl (C=O) groups is 3. The van der Waals surface area contributed by atoms with Crippen LogP contribution in [0.5, 0.6) is 0 Å². The highest BCUT2D eigenvalue weighted by Gasteiger charge is 2.43. The highest BCUT2D eigenvalue weighted by molar-refractivity contribution is 6.03. The lowest BCUT2D eigenvalue weighted by molar-refractivity contribution is -0.144. The third kappa shape index (κ3) is 2.18. The molecule has 0 aliphatic carbocycles. The van der Waals surface area contributed by atoms with E-state index in [0.29, 0.717) is 0 Å². The first-order valence-electron chi connectivity index (χ1n) is 6.57. The van der Waals surface area contributed by atoms with Crippen molar-refractivity contribution in [3.8, 4) is 0 Å². The summed E-state index contributed by atoms with van der Waals surface area (Å²) in [5, 5.41) is 0. The average Bonchev–Trinajstić information content (AvgIpc) is 2.69. The molecule has 0 unspecified atom stereocenters. The summed E-state index contributed by atoms with van der Waals surface area (Å²) in [5.74, 6) is -3.11. The Balaban J connectivity index is 1.70. The maximum absolute atomic E-state index is 13.5. The number of rotatable bonds is 2. The van der Waals surface area contributed by atoms with Gasteiger partial charge < -0.3 is 4.90 Å². The molecule has 1 aromatic rings. The zero-order valence-corrected chi connectivity index (χ0v) is 11.0. The number of imide groups is 1. The van der Waals surface area contributed by atoms with Gasteiger partial charge in [0.2, 0.25) is 11.8 Å². The topological polar surface area (TPSA) is 57.7 Å². The molecule has 21 heavy (non-hydrogen) atoms. The van der Waals surface area contributed by atoms with Gasteiger partial charge in [0.1, 0.15) is 17.2 Å². The van der Waals surface area contributed by atoms with E-state index in [0.717, 1.165) is 17.0 Å². The van der Waals surface area contributed by atoms with Crippen LogP contribution in [0.25, 0.3) is 0 Å². The molecule has 0 saturated carbocycles. The van der Waals surface area contributed by atoms with E-state index in [-0.39, 0.29) is 43.8 Å². The molecular formula is C14H12F2N2O3. The van der Waals surface area contributed by atoms with E-state index in [9.17, 15) is 23.2 Å². The van der Waals surface area contributed by atoms with E-state index >= 15 is 0 Å². The summed E-state index contributed by atoms with van der Waals surface area (Å²) in [6.45, 7) is 0.230. The second-order valence-corrected chi connectivity index (χ2v) is 5.12. The minimum absolute atomic E-state index is 0.115. The molecule has 3 amide bonds. The standard InChI is InChI=1S/C14H12F2N2O3/c15-9-2-1-3-10(16)13(9)14(21)17-6-8(7-17)18-11(19)4-5-12(18)20/h1-3,8H,4-7H2. The fourth-order valence-corrected chi connectivity index (χ4v) is 2.65. The summed E-state index contributed by atoms with van der Waals surface area (Å²) in [4.78, 5) is 37.5. The van der Waals surface area contributed by atoms with Gasteiger partial charge in [-0.05, 0) is 12.1 Å². The lowest BCUT2D eigenvalue weighted by Crippen LogP contribution is -2.62. The Morgan fingerprint density at radius 3 is 2.10 bits per heavy atom. The number of hydrogen-bond donors (Lipinski definition) is 0. The molecule has 1 aromatic carbocycles. The smallest absolute Gasteiger partial charge is 0.259 e. The van der Waals surface area contributed by atoms with Gasteiger partial charge in [0.15, 0.2) is 0 Å². The summed E-state index contributed by atoms with van der Waals surface area (Å²) in [6, 6.07) is 2.83. The predicted octanol–water partition coefficient (Wildman–Crippen LogP) is 0.938. The first kappa shape index (κ1) is 13.7. The molecule has 110 valence electrons. The van der Waals surface area contributed by atoms with Crippen molar-refractivity contribution in [2.24, 2.45) is 0 Å². The summed E-state index contributed by atoms with van der Waals surface area (Å²) in [6.07, 6.45) is 0.371. The molecule has 0 radical (unpaired) electrons. The number of likely N-dealkylation sites (tertiary alicyclic amines) is 2. The molecule has 0 bridgehead atoms. The Bertz CT molecular complexity index is 605. The zero-order valence-electron chi connectivity index (χ0n) is 11.0. The summed E-state index contributed by atoms with van der Waals surface area (Å²) >= 11 is 0. The number of benzene rings is 1. The average molecular weight is 294 g/mol. The van der Waals surface area contributed by atoms with Crippen LogP contribution in [0.3, 0.4) is 0 Å². The fraction of sp³-hybridized carbons (Fsp3) is 0.357. The van der Waals surface area contributed by atoms with Gasteiger partial charge in [0.05, 0.1) is 6.04 Å². The van der Waals surface area contributed by atoms with Crippen LogP contribution in [-0.2, 0) is 9.59 Å². The second kappa shape index (κ2) is 4.91. The van der Waals surface area contributed by atoms with Crippen molar-refractivity contribution in [1.82, 2.24) is 9.80 Å². The van der Waals surface area contributed by atoms with E-state index in [1.54, 1.807) is 0 Å². The van der Waals surface area contributed by atoms with Gasteiger partial charge in [-0.25, -0.2) is 8.78 Å². The van der Waals surface area contributed by atoms with Crippen molar-refractivity contribution in [3.63, 3.8) is 0 Å². The van der Waals surface area contributed by atoms with Crippen LogP contribution in [0.1, 0.15) is 23.2 Å². The van der Waals surface area contributed by atoms with Crippen LogP contribution in [-0.4, -0.2) is 46.7 Å². The molecule has 5 nitrogen and oxygen atoms in total. The summed E-state index contributed by atoms with van der Waals surface area (Å²) < 4.78 is 27.1. The Hall–Kier alpha value is -2.31. The molecule has 2 aliphatic rings. The van der Waals surface area contributed by atoms with Crippen molar-refractivity contribution >= 4 is 17.7 Å². The molecule has 0 spiro atoms. The van der Waals surface area contributed by atoms with Crippen LogP contribution in [0, 0.1) is 11.6 Å². The number of carbonyl (C=O) groups excluding carboxylic acids is 3. The Morgan fingerprint density at radius 1 is 1.05 bits per heavy atom. The van der Waals surface area contributed by atoms with Crippen LogP contribution in [0.2, 0.25) is 0 Å². The van der Waals surface area contributed by atoms with Crippen LogP contribution < -0.4 is 0 Å². The molecule has 0 N–H and O–H groups in total. The lowest BCUT2D eigenvalue weighted by atomic mass is 10.0. The number of nitrogens with zero attached hydrogens (tertiary/aromatic N) is 2. The first-order valence-corrected chi connectivity index (χ1v) is 6.57. The van der Waals surface area contributed by atoms with Crippen LogP contribution >= 0.6 is 0 Å². The number of amides is 3. The van der Waals surface area contributed by atoms with E-state index in [1.165, 1.54) is 11.0 Å². The molecule has 2 aliphatic heterocycles. The van der Waals surface area contributed by atoms with E-state index in [4.69, 9.17) is 0 Å². The van der Waals surface area contributed by atoms with Crippen LogP contribution in [0.15, 0.2) is 18.2 Å². The third-order valence-corrected chi connectivity index (χ3v) is 3.78. The maximum atomic E-state index is 13.5. The van der Waals surface area contributed by atoms with Crippen LogP contribution in [0.4, 0.5) is 8.78 Å². The van der Waals surface area contributed by atoms with E-state index < -0.39 is 23.1 Å². The SMILES string of the molecule is O=C(c1c(F)cccc1F)N1CC(N2C(=O)CCC2=O)C1. The lowest BCUT2D eigenvalue weighted by Gasteiger charge is -2.43. The third-order valence-electron chi connectivity index (χ3n) is 3.78. The molecule has 3 rings (SSSR count). The Morgan fingerprint density at radius 2 is 1.57 bits per heavy atom. The number of hydrogen-bond acceptors (Lipinski definition) is 3.